The lowest BCUT2D eigenvalue weighted by Crippen LogP contribution is -2.38. The van der Waals surface area contributed by atoms with E-state index < -0.39 is 29.7 Å². The van der Waals surface area contributed by atoms with Gasteiger partial charge in [0, 0.05) is 50.8 Å². The highest BCUT2D eigenvalue weighted by atomic mass is 19.3. The van der Waals surface area contributed by atoms with Crippen molar-refractivity contribution in [2.24, 2.45) is 11.8 Å². The van der Waals surface area contributed by atoms with Crippen LogP contribution in [-0.2, 0) is 9.47 Å². The van der Waals surface area contributed by atoms with Crippen LogP contribution >= 0.6 is 0 Å². The number of ether oxygens (including phenoxy) is 2. The SMILES string of the molecule is CNCCCOCCCN(C)CC1CCC(n2cc(NC(=O)c3coc(-c4ccnc(N(CC5CC5)C(=O)OC(C)(C)C)c4)n3)c(C(F)F)n2)CC1. The van der Waals surface area contributed by atoms with E-state index >= 15 is 0 Å². The molecule has 15 heteroatoms. The Hall–Kier alpha value is -3.95. The molecule has 5 rings (SSSR count). The minimum absolute atomic E-state index is 0.0320. The fraction of sp³-hybridized carbons (Fsp3) is 0.649. The molecule has 3 heterocycles. The smallest absolute Gasteiger partial charge is 0.416 e. The molecule has 0 aromatic carbocycles. The molecule has 2 amide bonds. The first-order valence-corrected chi connectivity index (χ1v) is 18.4. The molecule has 3 aromatic heterocycles. The molecular formula is C37H54F2N8O5. The van der Waals surface area contributed by atoms with Crippen LogP contribution < -0.4 is 15.5 Å². The van der Waals surface area contributed by atoms with Crippen molar-refractivity contribution in [3.63, 3.8) is 0 Å². The van der Waals surface area contributed by atoms with E-state index in [-0.39, 0.29) is 23.3 Å². The number of hydrogen-bond donors (Lipinski definition) is 2. The van der Waals surface area contributed by atoms with Gasteiger partial charge in [-0.1, -0.05) is 0 Å². The van der Waals surface area contributed by atoms with Gasteiger partial charge in [0.15, 0.2) is 11.4 Å². The zero-order valence-corrected chi connectivity index (χ0v) is 31.1. The summed E-state index contributed by atoms with van der Waals surface area (Å²) in [6.07, 6.45) is 8.43. The van der Waals surface area contributed by atoms with Gasteiger partial charge < -0.3 is 29.4 Å². The Morgan fingerprint density at radius 1 is 1.08 bits per heavy atom. The summed E-state index contributed by atoms with van der Waals surface area (Å²) in [6, 6.07) is 3.27. The van der Waals surface area contributed by atoms with Gasteiger partial charge in [0.25, 0.3) is 12.3 Å². The van der Waals surface area contributed by atoms with E-state index in [1.54, 1.807) is 37.6 Å². The monoisotopic (exact) mass is 728 g/mol. The van der Waals surface area contributed by atoms with E-state index in [0.717, 1.165) is 84.2 Å². The number of nitrogens with zero attached hydrogens (tertiary/aromatic N) is 6. The van der Waals surface area contributed by atoms with Crippen LogP contribution in [0.4, 0.5) is 25.1 Å². The number of carbonyl (C=O) groups excluding carboxylic acids is 2. The van der Waals surface area contributed by atoms with Crippen molar-refractivity contribution in [3.05, 3.63) is 42.2 Å². The molecule has 13 nitrogen and oxygen atoms in total. The lowest BCUT2D eigenvalue weighted by atomic mass is 9.86. The fourth-order valence-electron chi connectivity index (χ4n) is 6.40. The first-order valence-electron chi connectivity index (χ1n) is 18.4. The number of halogens is 2. The fourth-order valence-corrected chi connectivity index (χ4v) is 6.40. The lowest BCUT2D eigenvalue weighted by molar-refractivity contribution is 0.0577. The molecule has 2 saturated carbocycles. The Morgan fingerprint density at radius 3 is 2.48 bits per heavy atom. The van der Waals surface area contributed by atoms with Crippen LogP contribution in [0.3, 0.4) is 0 Å². The van der Waals surface area contributed by atoms with E-state index in [9.17, 15) is 18.4 Å². The van der Waals surface area contributed by atoms with Gasteiger partial charge in [-0.05, 0) is 117 Å². The first kappa shape index (κ1) is 39.3. The van der Waals surface area contributed by atoms with Crippen molar-refractivity contribution in [1.29, 1.82) is 0 Å². The molecule has 0 bridgehead atoms. The zero-order chi connectivity index (χ0) is 37.3. The second kappa shape index (κ2) is 18.2. The molecule has 286 valence electrons. The molecule has 0 radical (unpaired) electrons. The summed E-state index contributed by atoms with van der Waals surface area (Å²) in [5.41, 5.74) is -0.822. The van der Waals surface area contributed by atoms with E-state index in [0.29, 0.717) is 29.8 Å². The minimum Gasteiger partial charge on any atom is -0.444 e. The number of amides is 2. The van der Waals surface area contributed by atoms with Crippen molar-refractivity contribution in [3.8, 4) is 11.5 Å². The number of rotatable bonds is 18. The Labute approximate surface area is 304 Å². The molecule has 2 aliphatic rings. The summed E-state index contributed by atoms with van der Waals surface area (Å²) in [4.78, 5) is 38.8. The third-order valence-electron chi connectivity index (χ3n) is 9.28. The average molecular weight is 729 g/mol. The van der Waals surface area contributed by atoms with E-state index in [2.05, 4.69) is 37.6 Å². The lowest BCUT2D eigenvalue weighted by Gasteiger charge is -2.31. The van der Waals surface area contributed by atoms with Crippen LogP contribution in [0, 0.1) is 11.8 Å². The molecule has 0 saturated heterocycles. The predicted molar refractivity (Wildman–Crippen MR) is 194 cm³/mol. The highest BCUT2D eigenvalue weighted by Gasteiger charge is 2.32. The largest absolute Gasteiger partial charge is 0.444 e. The molecule has 0 atom stereocenters. The molecule has 2 N–H and O–H groups in total. The standard InChI is InChI=1S/C37H54F2N8O5/c1-37(2,3)52-36(49)46(22-26-8-9-26)31-20-27(14-16-41-31)35-43-30(24-51-35)34(48)42-29-23-47(44-32(29)33(38)39)28-12-10-25(11-13-28)21-45(5)17-7-19-50-18-6-15-40-4/h14,16,20,23-26,28,33,40H,6-13,15,17-19,21-22H2,1-5H3,(H,42,48). The summed E-state index contributed by atoms with van der Waals surface area (Å²) in [6.45, 7) is 10.3. The first-order chi connectivity index (χ1) is 24.9. The molecule has 3 aromatic rings. The normalized spacial score (nSPS) is 17.9. The second-order valence-corrected chi connectivity index (χ2v) is 15.0. The molecule has 2 fully saturated rings. The van der Waals surface area contributed by atoms with E-state index in [4.69, 9.17) is 13.9 Å². The van der Waals surface area contributed by atoms with Crippen molar-refractivity contribution in [1.82, 2.24) is 30.0 Å². The van der Waals surface area contributed by atoms with Gasteiger partial charge in [0.2, 0.25) is 5.89 Å². The number of carbonyl (C=O) groups is 2. The van der Waals surface area contributed by atoms with Gasteiger partial charge in [0.1, 0.15) is 17.7 Å². The van der Waals surface area contributed by atoms with Gasteiger partial charge in [-0.15, -0.1) is 0 Å². The topological polar surface area (TPSA) is 140 Å². The van der Waals surface area contributed by atoms with Crippen molar-refractivity contribution >= 4 is 23.5 Å². The number of aromatic nitrogens is 4. The minimum atomic E-state index is -2.87. The summed E-state index contributed by atoms with van der Waals surface area (Å²) < 4.78 is 46.7. The zero-order valence-electron chi connectivity index (χ0n) is 31.1. The van der Waals surface area contributed by atoms with Gasteiger partial charge in [0.05, 0.1) is 11.7 Å². The van der Waals surface area contributed by atoms with Crippen LogP contribution in [0.5, 0.6) is 0 Å². The van der Waals surface area contributed by atoms with Gasteiger partial charge >= 0.3 is 6.09 Å². The Balaban J connectivity index is 1.16. The van der Waals surface area contributed by atoms with Crippen LogP contribution in [-0.4, -0.2) is 95.7 Å². The third kappa shape index (κ3) is 11.5. The maximum Gasteiger partial charge on any atom is 0.416 e. The van der Waals surface area contributed by atoms with Crippen LogP contribution in [0.2, 0.25) is 0 Å². The Bertz CT molecular complexity index is 1600. The van der Waals surface area contributed by atoms with Crippen LogP contribution in [0.25, 0.3) is 11.5 Å². The number of pyridine rings is 1. The van der Waals surface area contributed by atoms with Crippen LogP contribution in [0.1, 0.15) is 101 Å². The molecule has 2 aliphatic carbocycles. The van der Waals surface area contributed by atoms with Crippen molar-refractivity contribution < 1.29 is 32.3 Å². The predicted octanol–water partition coefficient (Wildman–Crippen LogP) is 6.95. The van der Waals surface area contributed by atoms with Crippen molar-refractivity contribution in [2.45, 2.75) is 90.2 Å². The molecular weight excluding hydrogens is 674 g/mol. The van der Waals surface area contributed by atoms with E-state index in [1.165, 1.54) is 23.6 Å². The van der Waals surface area contributed by atoms with Crippen LogP contribution in [0.15, 0.2) is 35.2 Å². The number of anilines is 2. The Kier molecular flexibility index (Phi) is 13.7. The second-order valence-electron chi connectivity index (χ2n) is 15.0. The average Bonchev–Trinajstić information content (AvgIpc) is 3.60. The Morgan fingerprint density at radius 2 is 1.79 bits per heavy atom. The number of oxazole rings is 1. The van der Waals surface area contributed by atoms with Gasteiger partial charge in [-0.25, -0.2) is 23.5 Å². The summed E-state index contributed by atoms with van der Waals surface area (Å²) in [7, 11) is 4.07. The molecule has 0 spiro atoms. The highest BCUT2D eigenvalue weighted by molar-refractivity contribution is 6.03. The number of nitrogens with one attached hydrogen (secondary N) is 2. The number of alkyl halides is 2. The summed E-state index contributed by atoms with van der Waals surface area (Å²) in [5, 5.41) is 9.90. The van der Waals surface area contributed by atoms with Crippen molar-refractivity contribution in [2.75, 3.05) is 63.7 Å². The third-order valence-corrected chi connectivity index (χ3v) is 9.28. The maximum absolute atomic E-state index is 14.1. The summed E-state index contributed by atoms with van der Waals surface area (Å²) >= 11 is 0. The number of hydrogen-bond acceptors (Lipinski definition) is 10. The quantitative estimate of drug-likeness (QED) is 0.132. The molecule has 0 unspecified atom stereocenters. The molecule has 0 aliphatic heterocycles. The van der Waals surface area contributed by atoms with E-state index in [1.807, 2.05) is 7.05 Å². The highest BCUT2D eigenvalue weighted by Crippen LogP contribution is 2.36. The summed E-state index contributed by atoms with van der Waals surface area (Å²) in [5.74, 6) is 0.682. The maximum atomic E-state index is 14.1. The van der Waals surface area contributed by atoms with Gasteiger partial charge in [-0.2, -0.15) is 5.10 Å². The van der Waals surface area contributed by atoms with Gasteiger partial charge in [-0.3, -0.25) is 14.4 Å². The molecule has 52 heavy (non-hydrogen) atoms.